The van der Waals surface area contributed by atoms with Crippen LogP contribution in [0.25, 0.3) is 42.3 Å². The van der Waals surface area contributed by atoms with Crippen LogP contribution in [0.15, 0.2) is 118 Å². The van der Waals surface area contributed by atoms with Gasteiger partial charge in [-0.3, -0.25) is 0 Å². The van der Waals surface area contributed by atoms with Crippen LogP contribution in [0.4, 0.5) is 0 Å². The summed E-state index contributed by atoms with van der Waals surface area (Å²) < 4.78 is 3.79. The minimum atomic E-state index is 0.730. The zero-order valence-electron chi connectivity index (χ0n) is 22.6. The summed E-state index contributed by atoms with van der Waals surface area (Å²) >= 11 is 18.9. The molecular weight excluding hydrogens is 736 g/mol. The van der Waals surface area contributed by atoms with Crippen LogP contribution in [0, 0.1) is 0 Å². The number of nitrogens with zero attached hydrogens (tertiary/aromatic N) is 6. The van der Waals surface area contributed by atoms with E-state index in [2.05, 4.69) is 65.4 Å². The predicted molar refractivity (Wildman–Crippen MR) is 195 cm³/mol. The lowest BCUT2D eigenvalue weighted by atomic mass is 10.2. The van der Waals surface area contributed by atoms with E-state index in [0.29, 0.717) is 0 Å². The summed E-state index contributed by atoms with van der Waals surface area (Å²) in [5.41, 5.74) is 4.17. The zero-order valence-corrected chi connectivity index (χ0v) is 29.9. The molecule has 8 rings (SSSR count). The van der Waals surface area contributed by atoms with Gasteiger partial charge >= 0.3 is 0 Å². The number of benzene rings is 2. The third-order valence-corrected chi connectivity index (χ3v) is 14.0. The minimum absolute atomic E-state index is 0.730. The Morgan fingerprint density at radius 3 is 1.49 bits per heavy atom. The molecule has 0 N–H and O–H groups in total. The number of thiophene rings is 2. The van der Waals surface area contributed by atoms with E-state index in [4.69, 9.17) is 11.6 Å². The smallest absolute Gasteiger partial charge is 0.181 e. The Balaban J connectivity index is 0.000000145. The van der Waals surface area contributed by atoms with Gasteiger partial charge in [-0.1, -0.05) is 88.9 Å². The van der Waals surface area contributed by atoms with Crippen LogP contribution < -0.4 is 0 Å². The molecule has 0 aliphatic heterocycles. The number of hydrogen-bond donors (Lipinski definition) is 0. The van der Waals surface area contributed by atoms with Crippen molar-refractivity contribution in [3.05, 3.63) is 105 Å². The number of aromatic nitrogens is 6. The van der Waals surface area contributed by atoms with Crippen molar-refractivity contribution in [2.75, 3.05) is 0 Å². The van der Waals surface area contributed by atoms with E-state index in [1.807, 2.05) is 65.4 Å². The van der Waals surface area contributed by atoms with Crippen LogP contribution >= 0.6 is 103 Å². The molecule has 8 aromatic rings. The average molecular weight is 753 g/mol. The molecule has 222 valence electrons. The van der Waals surface area contributed by atoms with Crippen molar-refractivity contribution in [1.82, 2.24) is 30.4 Å². The van der Waals surface area contributed by atoms with Gasteiger partial charge in [0.2, 0.25) is 0 Å². The Kier molecular flexibility index (Phi) is 10.1. The fourth-order valence-corrected chi connectivity index (χ4v) is 11.2. The molecule has 0 aliphatic carbocycles. The summed E-state index contributed by atoms with van der Waals surface area (Å²) in [5, 5.41) is 27.9. The van der Waals surface area contributed by atoms with Gasteiger partial charge in [0.25, 0.3) is 0 Å². The molecule has 0 amide bonds. The molecule has 0 radical (unpaired) electrons. The first-order valence-electron chi connectivity index (χ1n) is 13.0. The summed E-state index contributed by atoms with van der Waals surface area (Å²) in [6, 6.07) is 26.1. The molecule has 0 saturated heterocycles. The molecule has 0 aliphatic rings. The van der Waals surface area contributed by atoms with Gasteiger partial charge in [-0.2, -0.15) is 0 Å². The molecule has 6 aromatic heterocycles. The van der Waals surface area contributed by atoms with Gasteiger partial charge in [-0.25, -0.2) is 9.97 Å². The van der Waals surface area contributed by atoms with E-state index in [-0.39, 0.29) is 0 Å². The van der Waals surface area contributed by atoms with Crippen molar-refractivity contribution < 1.29 is 0 Å². The van der Waals surface area contributed by atoms with Crippen LogP contribution in [-0.2, 0) is 0 Å². The van der Waals surface area contributed by atoms with E-state index >= 15 is 0 Å². The van der Waals surface area contributed by atoms with E-state index in [0.717, 1.165) is 64.7 Å². The molecule has 45 heavy (non-hydrogen) atoms. The van der Waals surface area contributed by atoms with Crippen molar-refractivity contribution in [2.24, 2.45) is 0 Å². The summed E-state index contributed by atoms with van der Waals surface area (Å²) in [6.45, 7) is 0. The molecule has 0 saturated carbocycles. The third-order valence-electron chi connectivity index (χ3n) is 5.80. The lowest BCUT2D eigenvalue weighted by Gasteiger charge is -1.95. The lowest BCUT2D eigenvalue weighted by molar-refractivity contribution is 1.01. The first-order valence-corrected chi connectivity index (χ1v) is 20.2. The summed E-state index contributed by atoms with van der Waals surface area (Å²) in [5.74, 6) is 0. The first kappa shape index (κ1) is 30.8. The topological polar surface area (TPSA) is 77.3 Å². The van der Waals surface area contributed by atoms with Crippen LogP contribution in [0.5, 0.6) is 0 Å². The summed E-state index contributed by atoms with van der Waals surface area (Å²) in [7, 11) is 0. The standard InChI is InChI=1S/C15H8ClN3S4.C15H9N3S4/c16-10-5-3-9(4-6-10)11-8-21-14(17-11)23-15-19-18-13(22-15)12-2-1-7-20-12;1-2-5-10(6-3-1)11-9-20-14(16-11)22-15-18-17-13(21-15)12-7-4-8-19-12/h1-8H;1-9H. The van der Waals surface area contributed by atoms with Gasteiger partial charge in [0.15, 0.2) is 27.4 Å². The van der Waals surface area contributed by atoms with Gasteiger partial charge in [-0.15, -0.1) is 65.7 Å². The van der Waals surface area contributed by atoms with Crippen LogP contribution in [0.3, 0.4) is 0 Å². The highest BCUT2D eigenvalue weighted by Gasteiger charge is 2.13. The van der Waals surface area contributed by atoms with E-state index in [1.165, 1.54) is 0 Å². The molecule has 6 nitrogen and oxygen atoms in total. The highest BCUT2D eigenvalue weighted by molar-refractivity contribution is 8.03. The molecule has 0 unspecified atom stereocenters. The predicted octanol–water partition coefficient (Wildman–Crippen LogP) is 11.7. The second-order valence-electron chi connectivity index (χ2n) is 8.78. The maximum Gasteiger partial charge on any atom is 0.181 e. The number of rotatable bonds is 8. The average Bonchev–Trinajstić information content (AvgIpc) is 3.91. The van der Waals surface area contributed by atoms with E-state index < -0.39 is 0 Å². The number of hydrogen-bond acceptors (Lipinski definition) is 14. The SMILES string of the molecule is Clc1ccc(-c2csc(Sc3nnc(-c4cccs4)s3)n2)cc1.c1ccc(-c2csc(Sc3nnc(-c4cccs4)s3)n2)cc1. The molecule has 15 heteroatoms. The van der Waals surface area contributed by atoms with Crippen LogP contribution in [0.2, 0.25) is 5.02 Å². The van der Waals surface area contributed by atoms with Crippen molar-refractivity contribution in [3.63, 3.8) is 0 Å². The van der Waals surface area contributed by atoms with E-state index in [1.54, 1.807) is 91.5 Å². The monoisotopic (exact) mass is 752 g/mol. The fourth-order valence-electron chi connectivity index (χ4n) is 3.75. The zero-order chi connectivity index (χ0) is 30.4. The largest absolute Gasteiger partial charge is 0.229 e. The van der Waals surface area contributed by atoms with Gasteiger partial charge in [0.05, 0.1) is 21.1 Å². The Labute approximate surface area is 295 Å². The van der Waals surface area contributed by atoms with Gasteiger partial charge in [0.1, 0.15) is 0 Å². The van der Waals surface area contributed by atoms with Gasteiger partial charge in [-0.05, 0) is 58.5 Å². The highest BCUT2D eigenvalue weighted by atomic mass is 35.5. The van der Waals surface area contributed by atoms with E-state index in [9.17, 15) is 0 Å². The Bertz CT molecular complexity index is 2080. The molecule has 0 spiro atoms. The quantitative estimate of drug-likeness (QED) is 0.152. The maximum atomic E-state index is 5.92. The molecule has 0 fully saturated rings. The third kappa shape index (κ3) is 7.96. The summed E-state index contributed by atoms with van der Waals surface area (Å²) in [4.78, 5) is 11.6. The molecule has 0 bridgehead atoms. The second kappa shape index (κ2) is 14.8. The Morgan fingerprint density at radius 1 is 0.489 bits per heavy atom. The minimum Gasteiger partial charge on any atom is -0.229 e. The van der Waals surface area contributed by atoms with Crippen LogP contribution in [-0.4, -0.2) is 30.4 Å². The van der Waals surface area contributed by atoms with Crippen molar-refractivity contribution in [1.29, 1.82) is 0 Å². The summed E-state index contributed by atoms with van der Waals surface area (Å²) in [6.07, 6.45) is 0. The lowest BCUT2D eigenvalue weighted by Crippen LogP contribution is -1.77. The van der Waals surface area contributed by atoms with Crippen molar-refractivity contribution >= 4 is 103 Å². The number of thiazole rings is 2. The Hall–Kier alpha value is -2.79. The van der Waals surface area contributed by atoms with Crippen molar-refractivity contribution in [3.8, 4) is 42.3 Å². The van der Waals surface area contributed by atoms with Crippen molar-refractivity contribution in [2.45, 2.75) is 17.4 Å². The molecule has 6 heterocycles. The molecule has 0 atom stereocenters. The highest BCUT2D eigenvalue weighted by Crippen LogP contribution is 2.39. The van der Waals surface area contributed by atoms with Gasteiger partial charge in [0, 0.05) is 26.9 Å². The second-order valence-corrected chi connectivity index (χ2v) is 17.8. The van der Waals surface area contributed by atoms with Crippen LogP contribution in [0.1, 0.15) is 0 Å². The normalized spacial score (nSPS) is 11.0. The number of halogens is 1. The first-order chi connectivity index (χ1) is 22.2. The molecule has 2 aromatic carbocycles. The van der Waals surface area contributed by atoms with Gasteiger partial charge < -0.3 is 0 Å². The fraction of sp³-hybridized carbons (Fsp3) is 0. The molecular formula is C30H17ClN6S8. The Morgan fingerprint density at radius 2 is 1.00 bits per heavy atom. The maximum absolute atomic E-state index is 5.92.